The molecule has 1 heterocycles. The molecule has 1 saturated carbocycles. The molecule has 1 aliphatic carbocycles. The first-order valence-corrected chi connectivity index (χ1v) is 4.62. The van der Waals surface area contributed by atoms with E-state index in [9.17, 15) is 4.79 Å². The highest BCUT2D eigenvalue weighted by Crippen LogP contribution is 2.40. The quantitative estimate of drug-likeness (QED) is 0.730. The van der Waals surface area contributed by atoms with E-state index in [4.69, 9.17) is 10.8 Å². The van der Waals surface area contributed by atoms with E-state index in [-0.39, 0.29) is 0 Å². The minimum Gasteiger partial charge on any atom is -0.480 e. The molecule has 0 amide bonds. The molecule has 1 aromatic rings. The van der Waals surface area contributed by atoms with Gasteiger partial charge < -0.3 is 10.8 Å². The number of aromatic nitrogens is 2. The van der Waals surface area contributed by atoms with Gasteiger partial charge in [0.25, 0.3) is 0 Å². The summed E-state index contributed by atoms with van der Waals surface area (Å²) in [4.78, 5) is 10.6. The number of aliphatic carboxylic acids is 1. The number of nitrogens with two attached hydrogens (primary N) is 1. The van der Waals surface area contributed by atoms with Crippen LogP contribution < -0.4 is 5.73 Å². The summed E-state index contributed by atoms with van der Waals surface area (Å²) in [5.74, 6) is -0.479. The summed E-state index contributed by atoms with van der Waals surface area (Å²) < 4.78 is 1.73. The Hall–Kier alpha value is -1.36. The predicted octanol–water partition coefficient (Wildman–Crippen LogP) is 0.382. The SMILES string of the molecule is Cn1nc(C(N)C(=O)O)cc1C1CC1. The van der Waals surface area contributed by atoms with Crippen molar-refractivity contribution < 1.29 is 9.90 Å². The number of hydrogen-bond donors (Lipinski definition) is 2. The average molecular weight is 195 g/mol. The summed E-state index contributed by atoms with van der Waals surface area (Å²) in [6, 6.07) is 0.796. The monoisotopic (exact) mass is 195 g/mol. The molecular formula is C9H13N3O2. The third kappa shape index (κ3) is 1.50. The Morgan fingerprint density at radius 2 is 2.43 bits per heavy atom. The van der Waals surface area contributed by atoms with Crippen molar-refractivity contribution >= 4 is 5.97 Å². The molecule has 0 saturated heterocycles. The van der Waals surface area contributed by atoms with Gasteiger partial charge in [0.1, 0.15) is 6.04 Å². The molecule has 1 aromatic heterocycles. The second-order valence-electron chi connectivity index (χ2n) is 3.71. The number of carboxylic acids is 1. The molecular weight excluding hydrogens is 182 g/mol. The summed E-state index contributed by atoms with van der Waals surface area (Å²) in [7, 11) is 1.83. The Morgan fingerprint density at radius 3 is 2.93 bits per heavy atom. The van der Waals surface area contributed by atoms with Gasteiger partial charge in [0.2, 0.25) is 0 Å². The zero-order valence-corrected chi connectivity index (χ0v) is 7.97. The van der Waals surface area contributed by atoms with Crippen LogP contribution in [0.2, 0.25) is 0 Å². The third-order valence-electron chi connectivity index (χ3n) is 2.52. The fourth-order valence-electron chi connectivity index (χ4n) is 1.54. The molecule has 0 aromatic carbocycles. The number of rotatable bonds is 3. The Morgan fingerprint density at radius 1 is 1.79 bits per heavy atom. The Kier molecular flexibility index (Phi) is 2.03. The Balaban J connectivity index is 2.27. The standard InChI is InChI=1S/C9H13N3O2/c1-12-7(5-2-3-5)4-6(11-12)8(10)9(13)14/h4-5,8H,2-3,10H2,1H3,(H,13,14). The minimum absolute atomic E-state index is 0.446. The zero-order chi connectivity index (χ0) is 10.3. The largest absolute Gasteiger partial charge is 0.480 e. The van der Waals surface area contributed by atoms with E-state index in [0.717, 1.165) is 5.69 Å². The second kappa shape index (κ2) is 3.09. The van der Waals surface area contributed by atoms with Crippen LogP contribution in [-0.2, 0) is 11.8 Å². The summed E-state index contributed by atoms with van der Waals surface area (Å²) in [6.07, 6.45) is 2.34. The van der Waals surface area contributed by atoms with Gasteiger partial charge in [0.15, 0.2) is 0 Å². The van der Waals surface area contributed by atoms with Crippen molar-refractivity contribution in [2.75, 3.05) is 0 Å². The predicted molar refractivity (Wildman–Crippen MR) is 49.7 cm³/mol. The van der Waals surface area contributed by atoms with Gasteiger partial charge in [-0.1, -0.05) is 0 Å². The Bertz CT molecular complexity index is 368. The zero-order valence-electron chi connectivity index (χ0n) is 7.97. The van der Waals surface area contributed by atoms with E-state index in [1.807, 2.05) is 7.05 Å². The average Bonchev–Trinajstić information content (AvgIpc) is 2.89. The number of aryl methyl sites for hydroxylation is 1. The van der Waals surface area contributed by atoms with Crippen LogP contribution in [0.4, 0.5) is 0 Å². The molecule has 3 N–H and O–H groups in total. The van der Waals surface area contributed by atoms with Crippen molar-refractivity contribution in [1.29, 1.82) is 0 Å². The van der Waals surface area contributed by atoms with Crippen LogP contribution in [0.25, 0.3) is 0 Å². The van der Waals surface area contributed by atoms with Crippen molar-refractivity contribution in [3.63, 3.8) is 0 Å². The van der Waals surface area contributed by atoms with E-state index in [1.54, 1.807) is 10.7 Å². The van der Waals surface area contributed by atoms with Gasteiger partial charge in [0.05, 0.1) is 5.69 Å². The molecule has 1 fully saturated rings. The Labute approximate surface area is 81.5 Å². The van der Waals surface area contributed by atoms with Gasteiger partial charge in [-0.05, 0) is 18.9 Å². The smallest absolute Gasteiger partial charge is 0.326 e. The first-order chi connectivity index (χ1) is 6.59. The maximum absolute atomic E-state index is 10.6. The summed E-state index contributed by atoms with van der Waals surface area (Å²) >= 11 is 0. The highest BCUT2D eigenvalue weighted by Gasteiger charge is 2.29. The van der Waals surface area contributed by atoms with Crippen molar-refractivity contribution in [3.8, 4) is 0 Å². The summed E-state index contributed by atoms with van der Waals surface area (Å²) in [5, 5.41) is 12.8. The number of carboxylic acid groups (broad SMARTS) is 1. The number of hydrogen-bond acceptors (Lipinski definition) is 3. The maximum Gasteiger partial charge on any atom is 0.326 e. The molecule has 5 heteroatoms. The van der Waals surface area contributed by atoms with Gasteiger partial charge in [-0.25, -0.2) is 0 Å². The van der Waals surface area contributed by atoms with Crippen molar-refractivity contribution in [2.45, 2.75) is 24.8 Å². The normalized spacial score (nSPS) is 18.1. The molecule has 1 unspecified atom stereocenters. The van der Waals surface area contributed by atoms with Crippen LogP contribution in [-0.4, -0.2) is 20.9 Å². The summed E-state index contributed by atoms with van der Waals surface area (Å²) in [5.41, 5.74) is 7.01. The lowest BCUT2D eigenvalue weighted by Crippen LogP contribution is -2.21. The van der Waals surface area contributed by atoms with Gasteiger partial charge in [-0.2, -0.15) is 5.10 Å². The molecule has 2 rings (SSSR count). The van der Waals surface area contributed by atoms with Crippen LogP contribution >= 0.6 is 0 Å². The van der Waals surface area contributed by atoms with E-state index in [1.165, 1.54) is 12.8 Å². The van der Waals surface area contributed by atoms with Crippen molar-refractivity contribution in [3.05, 3.63) is 17.5 Å². The van der Waals surface area contributed by atoms with Gasteiger partial charge >= 0.3 is 5.97 Å². The molecule has 0 radical (unpaired) electrons. The maximum atomic E-state index is 10.6. The van der Waals surface area contributed by atoms with Crippen molar-refractivity contribution in [1.82, 2.24) is 9.78 Å². The molecule has 5 nitrogen and oxygen atoms in total. The topological polar surface area (TPSA) is 81.1 Å². The van der Waals surface area contributed by atoms with E-state index in [2.05, 4.69) is 5.10 Å². The van der Waals surface area contributed by atoms with Crippen LogP contribution in [0.15, 0.2) is 6.07 Å². The minimum atomic E-state index is -1.04. The molecule has 1 atom stereocenters. The first-order valence-electron chi connectivity index (χ1n) is 4.62. The lowest BCUT2D eigenvalue weighted by Gasteiger charge is -1.99. The van der Waals surface area contributed by atoms with Gasteiger partial charge in [-0.3, -0.25) is 9.48 Å². The molecule has 0 aliphatic heterocycles. The van der Waals surface area contributed by atoms with Crippen LogP contribution in [0.5, 0.6) is 0 Å². The van der Waals surface area contributed by atoms with Crippen LogP contribution in [0.3, 0.4) is 0 Å². The lowest BCUT2D eigenvalue weighted by atomic mass is 10.2. The molecule has 1 aliphatic rings. The molecule has 0 bridgehead atoms. The van der Waals surface area contributed by atoms with Gasteiger partial charge in [0, 0.05) is 18.7 Å². The third-order valence-corrected chi connectivity index (χ3v) is 2.52. The van der Waals surface area contributed by atoms with E-state index < -0.39 is 12.0 Å². The van der Waals surface area contributed by atoms with Crippen molar-refractivity contribution in [2.24, 2.45) is 12.8 Å². The number of nitrogens with zero attached hydrogens (tertiary/aromatic N) is 2. The molecule has 0 spiro atoms. The van der Waals surface area contributed by atoms with E-state index >= 15 is 0 Å². The lowest BCUT2D eigenvalue weighted by molar-refractivity contribution is -0.138. The molecule has 14 heavy (non-hydrogen) atoms. The van der Waals surface area contributed by atoms with E-state index in [0.29, 0.717) is 11.6 Å². The van der Waals surface area contributed by atoms with Gasteiger partial charge in [-0.15, -0.1) is 0 Å². The van der Waals surface area contributed by atoms with Crippen LogP contribution in [0, 0.1) is 0 Å². The number of carbonyl (C=O) groups is 1. The highest BCUT2D eigenvalue weighted by molar-refractivity contribution is 5.74. The second-order valence-corrected chi connectivity index (χ2v) is 3.71. The fraction of sp³-hybridized carbons (Fsp3) is 0.556. The fourth-order valence-corrected chi connectivity index (χ4v) is 1.54. The first kappa shape index (κ1) is 9.21. The molecule has 76 valence electrons. The highest BCUT2D eigenvalue weighted by atomic mass is 16.4. The van der Waals surface area contributed by atoms with Crippen LogP contribution in [0.1, 0.15) is 36.2 Å². The summed E-state index contributed by atoms with van der Waals surface area (Å²) in [6.45, 7) is 0.